The number of nitriles is 1. The van der Waals surface area contributed by atoms with Gasteiger partial charge in [0, 0.05) is 16.3 Å². The number of hydrogen-bond donors (Lipinski definition) is 1. The van der Waals surface area contributed by atoms with E-state index in [0.29, 0.717) is 17.3 Å². The van der Waals surface area contributed by atoms with Crippen LogP contribution in [0.3, 0.4) is 0 Å². The zero-order chi connectivity index (χ0) is 23.1. The molecule has 0 radical (unpaired) electrons. The smallest absolute Gasteiger partial charge is 0.266 e. The van der Waals surface area contributed by atoms with Gasteiger partial charge in [0.2, 0.25) is 0 Å². The number of nitrogens with one attached hydrogen (secondary N) is 1. The van der Waals surface area contributed by atoms with Crippen molar-refractivity contribution in [2.45, 2.75) is 20.0 Å². The summed E-state index contributed by atoms with van der Waals surface area (Å²) in [6.07, 6.45) is 2.50. The molecule has 0 saturated carbocycles. The molecular formula is C25H19ClI2N2O2. The normalized spacial score (nSPS) is 11.0. The Kier molecular flexibility index (Phi) is 8.96. The van der Waals surface area contributed by atoms with Gasteiger partial charge in [0.25, 0.3) is 5.91 Å². The van der Waals surface area contributed by atoms with Gasteiger partial charge in [-0.3, -0.25) is 4.79 Å². The molecule has 0 saturated heterocycles. The van der Waals surface area contributed by atoms with Gasteiger partial charge < -0.3 is 10.1 Å². The van der Waals surface area contributed by atoms with Gasteiger partial charge in [-0.2, -0.15) is 5.26 Å². The Hall–Kier alpha value is -2.09. The number of anilines is 1. The Labute approximate surface area is 219 Å². The number of carbonyl (C=O) groups is 1. The molecule has 4 nitrogen and oxygen atoms in total. The first-order valence-electron chi connectivity index (χ1n) is 9.78. The van der Waals surface area contributed by atoms with E-state index in [1.54, 1.807) is 6.08 Å². The van der Waals surface area contributed by atoms with Crippen LogP contribution in [0.1, 0.15) is 23.6 Å². The molecule has 32 heavy (non-hydrogen) atoms. The van der Waals surface area contributed by atoms with Crippen molar-refractivity contribution < 1.29 is 9.53 Å². The second-order valence-electron chi connectivity index (χ2n) is 6.87. The van der Waals surface area contributed by atoms with Gasteiger partial charge in [-0.1, -0.05) is 48.9 Å². The van der Waals surface area contributed by atoms with Gasteiger partial charge in [0.1, 0.15) is 24.0 Å². The number of aryl methyl sites for hydroxylation is 1. The molecule has 0 aromatic heterocycles. The highest BCUT2D eigenvalue weighted by Gasteiger charge is 2.13. The zero-order valence-corrected chi connectivity index (χ0v) is 22.2. The van der Waals surface area contributed by atoms with Crippen LogP contribution in [0.25, 0.3) is 6.08 Å². The summed E-state index contributed by atoms with van der Waals surface area (Å²) in [6.45, 7) is 2.42. The van der Waals surface area contributed by atoms with Gasteiger partial charge >= 0.3 is 0 Å². The van der Waals surface area contributed by atoms with Crippen molar-refractivity contribution in [2.24, 2.45) is 0 Å². The first-order valence-corrected chi connectivity index (χ1v) is 12.3. The van der Waals surface area contributed by atoms with Crippen LogP contribution in [0.2, 0.25) is 5.02 Å². The van der Waals surface area contributed by atoms with Crippen LogP contribution >= 0.6 is 56.8 Å². The molecule has 0 aliphatic rings. The van der Waals surface area contributed by atoms with E-state index < -0.39 is 5.91 Å². The van der Waals surface area contributed by atoms with Crippen LogP contribution in [0.5, 0.6) is 5.75 Å². The van der Waals surface area contributed by atoms with E-state index in [9.17, 15) is 10.1 Å². The fourth-order valence-electron chi connectivity index (χ4n) is 2.90. The second-order valence-corrected chi connectivity index (χ2v) is 9.60. The van der Waals surface area contributed by atoms with Gasteiger partial charge in [-0.05, 0) is 99.1 Å². The quantitative estimate of drug-likeness (QED) is 0.164. The van der Waals surface area contributed by atoms with Crippen LogP contribution in [0.4, 0.5) is 5.69 Å². The molecule has 0 aliphatic carbocycles. The summed E-state index contributed by atoms with van der Waals surface area (Å²) in [4.78, 5) is 12.6. The number of nitrogens with zero attached hydrogens (tertiary/aromatic N) is 1. The van der Waals surface area contributed by atoms with E-state index in [2.05, 4.69) is 57.4 Å². The van der Waals surface area contributed by atoms with Crippen molar-refractivity contribution >= 4 is 74.5 Å². The zero-order valence-electron chi connectivity index (χ0n) is 17.2. The van der Waals surface area contributed by atoms with Crippen molar-refractivity contribution in [1.29, 1.82) is 5.26 Å². The van der Waals surface area contributed by atoms with Crippen molar-refractivity contribution in [1.82, 2.24) is 0 Å². The number of benzene rings is 3. The molecule has 0 heterocycles. The maximum absolute atomic E-state index is 12.6. The highest BCUT2D eigenvalue weighted by molar-refractivity contribution is 14.1. The van der Waals surface area contributed by atoms with E-state index in [1.165, 1.54) is 5.56 Å². The number of halogens is 3. The number of carbonyl (C=O) groups excluding carboxylic acids is 1. The van der Waals surface area contributed by atoms with Crippen LogP contribution in [-0.4, -0.2) is 5.91 Å². The molecule has 0 bridgehead atoms. The summed E-state index contributed by atoms with van der Waals surface area (Å²) in [5, 5.41) is 13.0. The Balaban J connectivity index is 1.76. The second kappa shape index (κ2) is 11.7. The molecule has 0 atom stereocenters. The summed E-state index contributed by atoms with van der Waals surface area (Å²) in [5.74, 6) is 0.294. The van der Waals surface area contributed by atoms with Crippen LogP contribution < -0.4 is 10.1 Å². The molecule has 3 rings (SSSR count). The lowest BCUT2D eigenvalue weighted by Gasteiger charge is -2.12. The fraction of sp³-hybridized carbons (Fsp3) is 0.120. The molecule has 0 spiro atoms. The molecule has 0 aliphatic heterocycles. The number of rotatable bonds is 7. The first-order chi connectivity index (χ1) is 15.4. The lowest BCUT2D eigenvalue weighted by molar-refractivity contribution is -0.112. The van der Waals surface area contributed by atoms with Crippen LogP contribution in [0.15, 0.2) is 66.2 Å². The standard InChI is InChI=1S/C25H19ClI2N2O2/c1-2-16-7-9-20(10-8-16)30-25(31)19(14-29)11-17-12-22(27)24(23(28)13-17)32-15-18-5-3-4-6-21(18)26/h3-13H,2,15H2,1H3,(H,30,31)/b19-11+. The number of hydrogen-bond acceptors (Lipinski definition) is 3. The summed E-state index contributed by atoms with van der Waals surface area (Å²) in [6, 6.07) is 20.9. The molecule has 162 valence electrons. The third-order valence-electron chi connectivity index (χ3n) is 4.65. The van der Waals surface area contributed by atoms with Crippen LogP contribution in [-0.2, 0) is 17.8 Å². The molecule has 0 fully saturated rings. The lowest BCUT2D eigenvalue weighted by Crippen LogP contribution is -2.13. The minimum Gasteiger partial charge on any atom is -0.487 e. The molecule has 1 amide bonds. The fourth-order valence-corrected chi connectivity index (χ4v) is 5.22. The number of amides is 1. The molecule has 3 aromatic carbocycles. The van der Waals surface area contributed by atoms with Gasteiger partial charge in [0.05, 0.1) is 7.14 Å². The molecule has 3 aromatic rings. The molecule has 7 heteroatoms. The van der Waals surface area contributed by atoms with Gasteiger partial charge in [-0.25, -0.2) is 0 Å². The van der Waals surface area contributed by atoms with E-state index in [4.69, 9.17) is 16.3 Å². The Morgan fingerprint density at radius 2 is 1.78 bits per heavy atom. The maximum atomic E-state index is 12.6. The van der Waals surface area contributed by atoms with E-state index >= 15 is 0 Å². The number of ether oxygens (including phenoxy) is 1. The summed E-state index contributed by atoms with van der Waals surface area (Å²) >= 11 is 10.6. The summed E-state index contributed by atoms with van der Waals surface area (Å²) < 4.78 is 7.75. The Bertz CT molecular complexity index is 1180. The van der Waals surface area contributed by atoms with Gasteiger partial charge in [0.15, 0.2) is 0 Å². The summed E-state index contributed by atoms with van der Waals surface area (Å²) in [5.41, 5.74) is 3.51. The SMILES string of the molecule is CCc1ccc(NC(=O)/C(C#N)=C/c2cc(I)c(OCc3ccccc3Cl)c(I)c2)cc1. The monoisotopic (exact) mass is 668 g/mol. The molecule has 1 N–H and O–H groups in total. The highest BCUT2D eigenvalue weighted by atomic mass is 127. The Morgan fingerprint density at radius 3 is 2.38 bits per heavy atom. The molecular weight excluding hydrogens is 650 g/mol. The minimum absolute atomic E-state index is 0.0286. The average molecular weight is 669 g/mol. The van der Waals surface area contributed by atoms with E-state index in [-0.39, 0.29) is 5.57 Å². The molecule has 0 unspecified atom stereocenters. The predicted molar refractivity (Wildman–Crippen MR) is 146 cm³/mol. The van der Waals surface area contributed by atoms with Gasteiger partial charge in [-0.15, -0.1) is 0 Å². The average Bonchev–Trinajstić information content (AvgIpc) is 2.78. The Morgan fingerprint density at radius 1 is 1.12 bits per heavy atom. The van der Waals surface area contributed by atoms with Crippen molar-refractivity contribution in [3.8, 4) is 11.8 Å². The maximum Gasteiger partial charge on any atom is 0.266 e. The van der Waals surface area contributed by atoms with Crippen LogP contribution in [0, 0.1) is 18.5 Å². The third kappa shape index (κ3) is 6.47. The first kappa shape index (κ1) is 24.6. The summed E-state index contributed by atoms with van der Waals surface area (Å²) in [7, 11) is 0. The lowest BCUT2D eigenvalue weighted by atomic mass is 10.1. The van der Waals surface area contributed by atoms with Crippen molar-refractivity contribution in [3.05, 3.63) is 95.1 Å². The third-order valence-corrected chi connectivity index (χ3v) is 6.62. The van der Waals surface area contributed by atoms with E-state index in [0.717, 1.165) is 30.4 Å². The van der Waals surface area contributed by atoms with Crippen molar-refractivity contribution in [2.75, 3.05) is 5.32 Å². The highest BCUT2D eigenvalue weighted by Crippen LogP contribution is 2.31. The van der Waals surface area contributed by atoms with E-state index in [1.807, 2.05) is 66.7 Å². The largest absolute Gasteiger partial charge is 0.487 e. The van der Waals surface area contributed by atoms with Crippen molar-refractivity contribution in [3.63, 3.8) is 0 Å². The predicted octanol–water partition coefficient (Wildman–Crippen LogP) is 7.24. The minimum atomic E-state index is -0.444. The topological polar surface area (TPSA) is 62.1 Å².